The highest BCUT2D eigenvalue weighted by molar-refractivity contribution is 5.36. The Hall–Kier alpha value is -2.34. The lowest BCUT2D eigenvalue weighted by Gasteiger charge is -2.17. The average molecular weight is 292 g/mol. The molecule has 0 radical (unpaired) electrons. The summed E-state index contributed by atoms with van der Waals surface area (Å²) in [6.07, 6.45) is 0. The molecular formula is C15H14F2N2O2. The van der Waals surface area contributed by atoms with Crippen molar-refractivity contribution >= 4 is 5.69 Å². The second-order valence-electron chi connectivity index (χ2n) is 4.81. The molecule has 0 aromatic heterocycles. The molecule has 0 saturated heterocycles. The van der Waals surface area contributed by atoms with Crippen molar-refractivity contribution in [3.63, 3.8) is 0 Å². The third-order valence-electron chi connectivity index (χ3n) is 3.04. The van der Waals surface area contributed by atoms with Crippen LogP contribution < -0.4 is 0 Å². The largest absolute Gasteiger partial charge is 0.305 e. The van der Waals surface area contributed by atoms with Gasteiger partial charge in [-0.1, -0.05) is 24.3 Å². The van der Waals surface area contributed by atoms with Crippen LogP contribution in [-0.4, -0.2) is 16.9 Å². The van der Waals surface area contributed by atoms with Gasteiger partial charge in [-0.3, -0.25) is 15.0 Å². The Labute approximate surface area is 120 Å². The van der Waals surface area contributed by atoms with E-state index in [1.807, 2.05) is 0 Å². The lowest BCUT2D eigenvalue weighted by molar-refractivity contribution is -0.387. The molecule has 21 heavy (non-hydrogen) atoms. The van der Waals surface area contributed by atoms with Gasteiger partial charge in [-0.15, -0.1) is 0 Å². The van der Waals surface area contributed by atoms with E-state index in [1.54, 1.807) is 24.1 Å². The van der Waals surface area contributed by atoms with Gasteiger partial charge in [0.1, 0.15) is 5.82 Å². The number of nitrogens with zero attached hydrogens (tertiary/aromatic N) is 2. The fraction of sp³-hybridized carbons (Fsp3) is 0.200. The summed E-state index contributed by atoms with van der Waals surface area (Å²) in [4.78, 5) is 11.7. The van der Waals surface area contributed by atoms with Crippen molar-refractivity contribution in [2.75, 3.05) is 7.05 Å². The smallest absolute Gasteiger partial charge is 0.298 e. The summed E-state index contributed by atoms with van der Waals surface area (Å²) in [5, 5.41) is 10.7. The summed E-state index contributed by atoms with van der Waals surface area (Å²) in [5.74, 6) is -1.16. The third-order valence-corrected chi connectivity index (χ3v) is 3.04. The van der Waals surface area contributed by atoms with Gasteiger partial charge in [0, 0.05) is 24.7 Å². The van der Waals surface area contributed by atoms with Crippen molar-refractivity contribution in [1.82, 2.24) is 4.90 Å². The minimum atomic E-state index is -0.825. The molecule has 2 aromatic carbocycles. The topological polar surface area (TPSA) is 46.4 Å². The van der Waals surface area contributed by atoms with Crippen molar-refractivity contribution in [3.8, 4) is 0 Å². The molecule has 0 bridgehead atoms. The zero-order valence-corrected chi connectivity index (χ0v) is 11.4. The Bertz CT molecular complexity index is 662. The number of hydrogen-bond donors (Lipinski definition) is 0. The first-order valence-electron chi connectivity index (χ1n) is 6.32. The van der Waals surface area contributed by atoms with E-state index in [4.69, 9.17) is 0 Å². The van der Waals surface area contributed by atoms with Crippen LogP contribution in [0.4, 0.5) is 14.5 Å². The standard InChI is InChI=1S/C15H14F2N2O2/c1-18(9-11-4-2-6-13(16)8-11)10-12-5-3-7-14(15(12)17)19(20)21/h2-8H,9-10H2,1H3. The van der Waals surface area contributed by atoms with Gasteiger partial charge in [-0.05, 0) is 24.7 Å². The molecule has 110 valence electrons. The third kappa shape index (κ3) is 3.82. The van der Waals surface area contributed by atoms with Gasteiger partial charge in [-0.25, -0.2) is 4.39 Å². The van der Waals surface area contributed by atoms with Crippen LogP contribution in [0.15, 0.2) is 42.5 Å². The van der Waals surface area contributed by atoms with E-state index in [2.05, 4.69) is 0 Å². The van der Waals surface area contributed by atoms with Crippen molar-refractivity contribution in [2.45, 2.75) is 13.1 Å². The summed E-state index contributed by atoms with van der Waals surface area (Å²) in [6.45, 7) is 0.615. The highest BCUT2D eigenvalue weighted by Gasteiger charge is 2.17. The van der Waals surface area contributed by atoms with Gasteiger partial charge >= 0.3 is 5.69 Å². The van der Waals surface area contributed by atoms with Gasteiger partial charge in [0.05, 0.1) is 4.92 Å². The van der Waals surface area contributed by atoms with Crippen molar-refractivity contribution < 1.29 is 13.7 Å². The van der Waals surface area contributed by atoms with Crippen LogP contribution in [0.2, 0.25) is 0 Å². The molecule has 0 atom stereocenters. The predicted molar refractivity (Wildman–Crippen MR) is 74.6 cm³/mol. The lowest BCUT2D eigenvalue weighted by Crippen LogP contribution is -2.18. The lowest BCUT2D eigenvalue weighted by atomic mass is 10.1. The van der Waals surface area contributed by atoms with E-state index in [-0.39, 0.29) is 17.9 Å². The van der Waals surface area contributed by atoms with E-state index in [1.165, 1.54) is 24.3 Å². The van der Waals surface area contributed by atoms with Gasteiger partial charge in [0.25, 0.3) is 0 Å². The van der Waals surface area contributed by atoms with E-state index < -0.39 is 16.4 Å². The quantitative estimate of drug-likeness (QED) is 0.626. The number of nitro benzene ring substituents is 1. The van der Waals surface area contributed by atoms with Crippen molar-refractivity contribution in [2.24, 2.45) is 0 Å². The van der Waals surface area contributed by atoms with Crippen molar-refractivity contribution in [3.05, 3.63) is 75.3 Å². The molecule has 0 aliphatic rings. The van der Waals surface area contributed by atoms with E-state index in [9.17, 15) is 18.9 Å². The minimum Gasteiger partial charge on any atom is -0.298 e. The van der Waals surface area contributed by atoms with E-state index in [0.29, 0.717) is 6.54 Å². The molecule has 2 aromatic rings. The molecule has 0 heterocycles. The number of rotatable bonds is 5. The molecule has 2 rings (SSSR count). The Morgan fingerprint density at radius 2 is 1.86 bits per heavy atom. The molecule has 0 aliphatic heterocycles. The molecule has 0 amide bonds. The van der Waals surface area contributed by atoms with Gasteiger partial charge in [0.2, 0.25) is 5.82 Å². The Morgan fingerprint density at radius 1 is 1.14 bits per heavy atom. The number of hydrogen-bond acceptors (Lipinski definition) is 3. The van der Waals surface area contributed by atoms with E-state index in [0.717, 1.165) is 11.6 Å². The number of nitro groups is 1. The molecule has 0 unspecified atom stereocenters. The SMILES string of the molecule is CN(Cc1cccc(F)c1)Cc1cccc([N+](=O)[O-])c1F. The Morgan fingerprint density at radius 3 is 2.52 bits per heavy atom. The van der Waals surface area contributed by atoms with Gasteiger partial charge < -0.3 is 0 Å². The molecule has 6 heteroatoms. The summed E-state index contributed by atoms with van der Waals surface area (Å²) in [7, 11) is 1.74. The van der Waals surface area contributed by atoms with Crippen LogP contribution in [0.25, 0.3) is 0 Å². The maximum Gasteiger partial charge on any atom is 0.305 e. The number of benzene rings is 2. The first-order valence-corrected chi connectivity index (χ1v) is 6.32. The second kappa shape index (κ2) is 6.41. The molecular weight excluding hydrogens is 278 g/mol. The van der Waals surface area contributed by atoms with E-state index >= 15 is 0 Å². The zero-order valence-electron chi connectivity index (χ0n) is 11.4. The number of halogens is 2. The van der Waals surface area contributed by atoms with Crippen molar-refractivity contribution in [1.29, 1.82) is 0 Å². The molecule has 0 fully saturated rings. The maximum atomic E-state index is 14.0. The first kappa shape index (κ1) is 15.1. The molecule has 0 saturated carbocycles. The van der Waals surface area contributed by atoms with Crippen LogP contribution in [0.5, 0.6) is 0 Å². The monoisotopic (exact) mass is 292 g/mol. The Balaban J connectivity index is 2.11. The second-order valence-corrected chi connectivity index (χ2v) is 4.81. The summed E-state index contributed by atoms with van der Waals surface area (Å²) in [5.41, 5.74) is 0.457. The highest BCUT2D eigenvalue weighted by Crippen LogP contribution is 2.21. The minimum absolute atomic E-state index is 0.198. The molecule has 0 aliphatic carbocycles. The maximum absolute atomic E-state index is 14.0. The van der Waals surface area contributed by atoms with Crippen LogP contribution in [0.1, 0.15) is 11.1 Å². The summed E-state index contributed by atoms with van der Waals surface area (Å²) >= 11 is 0. The van der Waals surface area contributed by atoms with Crippen LogP contribution in [-0.2, 0) is 13.1 Å². The Kier molecular flexibility index (Phi) is 4.59. The predicted octanol–water partition coefficient (Wildman–Crippen LogP) is 3.51. The fourth-order valence-electron chi connectivity index (χ4n) is 2.12. The summed E-state index contributed by atoms with van der Waals surface area (Å²) in [6, 6.07) is 10.2. The van der Waals surface area contributed by atoms with Gasteiger partial charge in [0.15, 0.2) is 0 Å². The first-order chi connectivity index (χ1) is 9.97. The molecule has 0 N–H and O–H groups in total. The molecule has 4 nitrogen and oxygen atoms in total. The van der Waals surface area contributed by atoms with Crippen LogP contribution in [0.3, 0.4) is 0 Å². The van der Waals surface area contributed by atoms with Gasteiger partial charge in [-0.2, -0.15) is 4.39 Å². The van der Waals surface area contributed by atoms with Crippen LogP contribution >= 0.6 is 0 Å². The highest BCUT2D eigenvalue weighted by atomic mass is 19.1. The van der Waals surface area contributed by atoms with Crippen LogP contribution in [0, 0.1) is 21.7 Å². The normalized spacial score (nSPS) is 10.9. The average Bonchev–Trinajstić information content (AvgIpc) is 2.40. The molecule has 0 spiro atoms. The fourth-order valence-corrected chi connectivity index (χ4v) is 2.12. The summed E-state index contributed by atoms with van der Waals surface area (Å²) < 4.78 is 27.1. The zero-order chi connectivity index (χ0) is 15.4.